The minimum Gasteiger partial charge on any atom is -0.320 e. The van der Waals surface area contributed by atoms with Crippen LogP contribution in [-0.4, -0.2) is 16.3 Å². The van der Waals surface area contributed by atoms with Crippen LogP contribution in [0.15, 0.2) is 36.5 Å². The number of aryl methyl sites for hydroxylation is 1. The number of nitrogens with two attached hydrogens (primary N) is 1. The molecular weight excluding hydrogens is 210 g/mol. The van der Waals surface area contributed by atoms with Gasteiger partial charge in [0.15, 0.2) is 0 Å². The smallest absolute Gasteiger partial charge is 0.0659 e. The lowest BCUT2D eigenvalue weighted by Gasteiger charge is -2.01. The lowest BCUT2D eigenvalue weighted by molar-refractivity contribution is 0.679. The Morgan fingerprint density at radius 2 is 2.00 bits per heavy atom. The van der Waals surface area contributed by atoms with Crippen LogP contribution in [0.5, 0.6) is 0 Å². The maximum atomic E-state index is 5.33. The van der Waals surface area contributed by atoms with Crippen LogP contribution in [0.3, 0.4) is 0 Å². The average Bonchev–Trinajstić information content (AvgIpc) is 2.74. The number of hydrogen-bond donors (Lipinski definition) is 1. The van der Waals surface area contributed by atoms with Crippen molar-refractivity contribution in [2.24, 2.45) is 5.73 Å². The Morgan fingerprint density at radius 3 is 2.59 bits per heavy atom. The van der Waals surface area contributed by atoms with Gasteiger partial charge in [-0.15, -0.1) is 0 Å². The van der Waals surface area contributed by atoms with Gasteiger partial charge in [0.1, 0.15) is 0 Å². The second kappa shape index (κ2) is 5.33. The predicted octanol–water partition coefficient (Wildman–Crippen LogP) is 1.55. The molecule has 0 saturated carbocycles. The van der Waals surface area contributed by atoms with Crippen molar-refractivity contribution in [1.82, 2.24) is 9.78 Å². The van der Waals surface area contributed by atoms with E-state index in [1.165, 1.54) is 5.56 Å². The Morgan fingerprint density at radius 1 is 1.24 bits per heavy atom. The third-order valence-corrected chi connectivity index (χ3v) is 2.41. The summed E-state index contributed by atoms with van der Waals surface area (Å²) in [5, 5.41) is 4.35. The minimum absolute atomic E-state index is 0.397. The van der Waals surface area contributed by atoms with E-state index in [2.05, 4.69) is 29.1 Å². The van der Waals surface area contributed by atoms with Crippen LogP contribution in [0.1, 0.15) is 16.8 Å². The topological polar surface area (TPSA) is 43.8 Å². The van der Waals surface area contributed by atoms with Crippen molar-refractivity contribution in [3.63, 3.8) is 0 Å². The molecule has 1 heterocycles. The quantitative estimate of drug-likeness (QED) is 0.788. The third-order valence-electron chi connectivity index (χ3n) is 2.41. The molecular formula is C14H15N3. The molecule has 2 rings (SSSR count). The normalized spacial score (nSPS) is 9.76. The maximum Gasteiger partial charge on any atom is 0.0659 e. The van der Waals surface area contributed by atoms with Crippen LogP contribution in [0.2, 0.25) is 0 Å². The lowest BCUT2D eigenvalue weighted by Crippen LogP contribution is -2.00. The molecule has 86 valence electrons. The highest BCUT2D eigenvalue weighted by Crippen LogP contribution is 2.05. The molecule has 0 radical (unpaired) electrons. The zero-order valence-electron chi connectivity index (χ0n) is 9.85. The van der Waals surface area contributed by atoms with Crippen LogP contribution < -0.4 is 5.73 Å². The van der Waals surface area contributed by atoms with Gasteiger partial charge in [-0.05, 0) is 30.7 Å². The fraction of sp³-hybridized carbons (Fsp3) is 0.214. The van der Waals surface area contributed by atoms with Crippen LogP contribution in [0, 0.1) is 18.8 Å². The Kier molecular flexibility index (Phi) is 3.59. The largest absolute Gasteiger partial charge is 0.320 e. The van der Waals surface area contributed by atoms with Crippen molar-refractivity contribution in [2.75, 3.05) is 6.54 Å². The van der Waals surface area contributed by atoms with Crippen molar-refractivity contribution in [3.8, 4) is 11.8 Å². The van der Waals surface area contributed by atoms with Crippen molar-refractivity contribution >= 4 is 0 Å². The van der Waals surface area contributed by atoms with E-state index in [0.717, 1.165) is 17.8 Å². The zero-order valence-corrected chi connectivity index (χ0v) is 9.85. The van der Waals surface area contributed by atoms with Gasteiger partial charge in [0.25, 0.3) is 0 Å². The van der Waals surface area contributed by atoms with E-state index in [9.17, 15) is 0 Å². The monoisotopic (exact) mass is 225 g/mol. The highest BCUT2D eigenvalue weighted by molar-refractivity contribution is 5.36. The van der Waals surface area contributed by atoms with Gasteiger partial charge in [-0.3, -0.25) is 4.68 Å². The molecule has 0 aliphatic heterocycles. The standard InChI is InChI=1S/C14H15N3/c1-12-8-10-17(16-12)11-14-6-4-13(5-7-14)3-2-9-15/h4-8,10H,9,11,15H2,1H3. The van der Waals surface area contributed by atoms with Crippen LogP contribution in [0.4, 0.5) is 0 Å². The van der Waals surface area contributed by atoms with Gasteiger partial charge in [0.2, 0.25) is 0 Å². The molecule has 2 N–H and O–H groups in total. The van der Waals surface area contributed by atoms with Crippen LogP contribution >= 0.6 is 0 Å². The third kappa shape index (κ3) is 3.20. The molecule has 0 spiro atoms. The fourth-order valence-corrected chi connectivity index (χ4v) is 1.58. The van der Waals surface area contributed by atoms with E-state index in [1.54, 1.807) is 0 Å². The molecule has 3 nitrogen and oxygen atoms in total. The summed E-state index contributed by atoms with van der Waals surface area (Å²) in [6.45, 7) is 3.18. The van der Waals surface area contributed by atoms with E-state index in [-0.39, 0.29) is 0 Å². The van der Waals surface area contributed by atoms with Crippen molar-refractivity contribution in [3.05, 3.63) is 53.3 Å². The predicted molar refractivity (Wildman–Crippen MR) is 68.4 cm³/mol. The summed E-state index contributed by atoms with van der Waals surface area (Å²) in [6.07, 6.45) is 1.98. The summed E-state index contributed by atoms with van der Waals surface area (Å²) >= 11 is 0. The molecule has 0 aliphatic rings. The molecule has 3 heteroatoms. The van der Waals surface area contributed by atoms with Crippen molar-refractivity contribution < 1.29 is 0 Å². The molecule has 0 unspecified atom stereocenters. The summed E-state index contributed by atoms with van der Waals surface area (Å²) in [4.78, 5) is 0. The summed E-state index contributed by atoms with van der Waals surface area (Å²) in [7, 11) is 0. The second-order valence-corrected chi connectivity index (χ2v) is 3.86. The van der Waals surface area contributed by atoms with Gasteiger partial charge in [0.05, 0.1) is 18.8 Å². The number of benzene rings is 1. The first-order valence-electron chi connectivity index (χ1n) is 5.56. The molecule has 1 aromatic carbocycles. The zero-order chi connectivity index (χ0) is 12.1. The summed E-state index contributed by atoms with van der Waals surface area (Å²) in [5.74, 6) is 5.84. The first-order chi connectivity index (χ1) is 8.28. The molecule has 0 aliphatic carbocycles. The molecule has 0 atom stereocenters. The van der Waals surface area contributed by atoms with Gasteiger partial charge in [-0.25, -0.2) is 0 Å². The van der Waals surface area contributed by atoms with E-state index >= 15 is 0 Å². The highest BCUT2D eigenvalue weighted by Gasteiger charge is 1.96. The number of aromatic nitrogens is 2. The minimum atomic E-state index is 0.397. The van der Waals surface area contributed by atoms with Crippen LogP contribution in [-0.2, 0) is 6.54 Å². The first kappa shape index (κ1) is 11.4. The van der Waals surface area contributed by atoms with Crippen LogP contribution in [0.25, 0.3) is 0 Å². The number of nitrogens with zero attached hydrogens (tertiary/aromatic N) is 2. The molecule has 17 heavy (non-hydrogen) atoms. The van der Waals surface area contributed by atoms with E-state index in [1.807, 2.05) is 36.0 Å². The molecule has 1 aromatic heterocycles. The molecule has 0 saturated heterocycles. The van der Waals surface area contributed by atoms with Crippen molar-refractivity contribution in [2.45, 2.75) is 13.5 Å². The molecule has 0 bridgehead atoms. The van der Waals surface area contributed by atoms with E-state index < -0.39 is 0 Å². The first-order valence-corrected chi connectivity index (χ1v) is 5.56. The van der Waals surface area contributed by atoms with Gasteiger partial charge in [-0.2, -0.15) is 5.10 Å². The Balaban J connectivity index is 2.08. The van der Waals surface area contributed by atoms with Gasteiger partial charge < -0.3 is 5.73 Å². The van der Waals surface area contributed by atoms with Gasteiger partial charge >= 0.3 is 0 Å². The maximum absolute atomic E-state index is 5.33. The Labute approximate surface area is 101 Å². The summed E-state index contributed by atoms with van der Waals surface area (Å²) in [6, 6.07) is 10.2. The average molecular weight is 225 g/mol. The Bertz CT molecular complexity index is 541. The molecule has 2 aromatic rings. The highest BCUT2D eigenvalue weighted by atomic mass is 15.3. The van der Waals surface area contributed by atoms with E-state index in [4.69, 9.17) is 5.73 Å². The van der Waals surface area contributed by atoms with Gasteiger partial charge in [0, 0.05) is 11.8 Å². The summed E-state index contributed by atoms with van der Waals surface area (Å²) in [5.41, 5.74) is 8.57. The molecule has 0 fully saturated rings. The second-order valence-electron chi connectivity index (χ2n) is 3.86. The summed E-state index contributed by atoms with van der Waals surface area (Å²) < 4.78 is 1.93. The fourth-order valence-electron chi connectivity index (χ4n) is 1.58. The van der Waals surface area contributed by atoms with Crippen molar-refractivity contribution in [1.29, 1.82) is 0 Å². The van der Waals surface area contributed by atoms with E-state index in [0.29, 0.717) is 6.54 Å². The number of rotatable bonds is 2. The number of hydrogen-bond acceptors (Lipinski definition) is 2. The molecule has 0 amide bonds. The Hall–Kier alpha value is -2.05. The SMILES string of the molecule is Cc1ccn(Cc2ccc(C#CCN)cc2)n1. The lowest BCUT2D eigenvalue weighted by atomic mass is 10.1. The van der Waals surface area contributed by atoms with Gasteiger partial charge in [-0.1, -0.05) is 24.0 Å².